The van der Waals surface area contributed by atoms with Gasteiger partial charge in [-0.25, -0.2) is 18.4 Å². The second kappa shape index (κ2) is 6.84. The predicted molar refractivity (Wildman–Crippen MR) is 128 cm³/mol. The van der Waals surface area contributed by atoms with Gasteiger partial charge in [-0.1, -0.05) is 0 Å². The topological polar surface area (TPSA) is 111 Å². The second-order valence-electron chi connectivity index (χ2n) is 7.43. The summed E-state index contributed by atoms with van der Waals surface area (Å²) in [7, 11) is -3.61. The number of nitrogens with zero attached hydrogens (tertiary/aromatic N) is 3. The van der Waals surface area contributed by atoms with Crippen LogP contribution >= 0.6 is 11.3 Å². The minimum Gasteiger partial charge on any atom is -0.384 e. The average molecular weight is 458 g/mol. The van der Waals surface area contributed by atoms with Gasteiger partial charge in [0.05, 0.1) is 26.1 Å². The van der Waals surface area contributed by atoms with Crippen molar-refractivity contribution in [2.45, 2.75) is 4.90 Å². The third-order valence-corrected chi connectivity index (χ3v) is 7.72. The molecule has 0 unspecified atom stereocenters. The van der Waals surface area contributed by atoms with E-state index >= 15 is 0 Å². The van der Waals surface area contributed by atoms with Crippen molar-refractivity contribution in [2.75, 3.05) is 11.1 Å². The first-order chi connectivity index (χ1) is 15.5. The average Bonchev–Trinajstić information content (AvgIpc) is 3.34. The molecule has 0 saturated heterocycles. The van der Waals surface area contributed by atoms with Gasteiger partial charge in [-0.2, -0.15) is 0 Å². The van der Waals surface area contributed by atoms with Crippen molar-refractivity contribution >= 4 is 65.1 Å². The Balaban J connectivity index is 1.49. The lowest BCUT2D eigenvalue weighted by atomic mass is 9.98. The maximum atomic E-state index is 13.0. The first-order valence-electron chi connectivity index (χ1n) is 9.70. The van der Waals surface area contributed by atoms with Gasteiger partial charge in [-0.3, -0.25) is 4.98 Å². The van der Waals surface area contributed by atoms with Crippen LogP contribution in [0.15, 0.2) is 76.7 Å². The standard InChI is InChI=1S/C23H15N5O2S2/c24-23-7-13(3-5-26-23)17-11-32(29,30)22-10-16-18(4-6-25-19(16)9-15(17)22)28-14-1-2-21-20(8-14)27-12-31-21/h1-12H,(H2,24,26)(H,25,28). The molecule has 4 heterocycles. The molecule has 0 radical (unpaired) electrons. The lowest BCUT2D eigenvalue weighted by Gasteiger charge is -2.12. The van der Waals surface area contributed by atoms with Gasteiger partial charge in [0.2, 0.25) is 9.84 Å². The molecule has 3 N–H and O–H groups in total. The number of nitrogens with one attached hydrogen (secondary N) is 1. The summed E-state index contributed by atoms with van der Waals surface area (Å²) < 4.78 is 27.1. The molecule has 2 aromatic carbocycles. The number of rotatable bonds is 3. The third-order valence-electron chi connectivity index (χ3n) is 5.41. The Morgan fingerprint density at radius 1 is 0.906 bits per heavy atom. The Kier molecular flexibility index (Phi) is 4.04. The van der Waals surface area contributed by atoms with Crippen LogP contribution in [0, 0.1) is 0 Å². The first kappa shape index (κ1) is 18.9. The Morgan fingerprint density at radius 2 is 1.78 bits per heavy atom. The van der Waals surface area contributed by atoms with E-state index in [4.69, 9.17) is 5.73 Å². The Hall–Kier alpha value is -3.82. The van der Waals surface area contributed by atoms with Crippen molar-refractivity contribution in [1.82, 2.24) is 15.0 Å². The number of hydrogen-bond donors (Lipinski definition) is 2. The summed E-state index contributed by atoms with van der Waals surface area (Å²) in [4.78, 5) is 13.1. The number of sulfone groups is 1. The number of hydrogen-bond acceptors (Lipinski definition) is 8. The SMILES string of the molecule is Nc1cc(C2=CS(=O)(=O)c3cc4c(Nc5ccc6scnc6c5)ccnc4cc32)ccn1. The summed E-state index contributed by atoms with van der Waals surface area (Å²) >= 11 is 1.58. The molecule has 0 bridgehead atoms. The fourth-order valence-electron chi connectivity index (χ4n) is 3.94. The fourth-order valence-corrected chi connectivity index (χ4v) is 6.06. The highest BCUT2D eigenvalue weighted by Crippen LogP contribution is 2.41. The smallest absolute Gasteiger partial charge is 0.201 e. The number of nitrogen functional groups attached to an aromatic ring is 1. The van der Waals surface area contributed by atoms with E-state index in [1.165, 1.54) is 5.41 Å². The molecule has 1 aliphatic rings. The van der Waals surface area contributed by atoms with E-state index in [1.807, 2.05) is 35.8 Å². The monoisotopic (exact) mass is 457 g/mol. The fraction of sp³-hybridized carbons (Fsp3) is 0. The largest absolute Gasteiger partial charge is 0.384 e. The Bertz CT molecular complexity index is 1690. The lowest BCUT2D eigenvalue weighted by molar-refractivity contribution is 0.605. The molecule has 3 aromatic heterocycles. The van der Waals surface area contributed by atoms with Crippen molar-refractivity contribution in [1.29, 1.82) is 0 Å². The van der Waals surface area contributed by atoms with Gasteiger partial charge < -0.3 is 11.1 Å². The number of nitrogens with two attached hydrogens (primary N) is 1. The van der Waals surface area contributed by atoms with Gasteiger partial charge in [0.1, 0.15) is 5.82 Å². The molecule has 0 spiro atoms. The number of fused-ring (bicyclic) bond motifs is 3. The van der Waals surface area contributed by atoms with Crippen molar-refractivity contribution in [2.24, 2.45) is 0 Å². The molecule has 0 saturated carbocycles. The molecular weight excluding hydrogens is 442 g/mol. The van der Waals surface area contributed by atoms with Crippen LogP contribution in [0.25, 0.3) is 26.7 Å². The molecule has 32 heavy (non-hydrogen) atoms. The number of aromatic nitrogens is 3. The number of pyridine rings is 2. The van der Waals surface area contributed by atoms with E-state index in [-0.39, 0.29) is 4.90 Å². The summed E-state index contributed by atoms with van der Waals surface area (Å²) in [6, 6.07) is 14.7. The molecule has 6 rings (SSSR count). The normalized spacial score (nSPS) is 14.4. The second-order valence-corrected chi connectivity index (χ2v) is 10.1. The molecule has 1 aliphatic heterocycles. The Labute approximate surface area is 187 Å². The number of anilines is 3. The third kappa shape index (κ3) is 3.02. The maximum Gasteiger partial charge on any atom is 0.201 e. The number of thiazole rings is 1. The van der Waals surface area contributed by atoms with Gasteiger partial charge in [0.15, 0.2) is 0 Å². The number of benzene rings is 2. The highest BCUT2D eigenvalue weighted by atomic mass is 32.2. The summed E-state index contributed by atoms with van der Waals surface area (Å²) in [5.74, 6) is 0.330. The van der Waals surface area contributed by atoms with Crippen LogP contribution < -0.4 is 11.1 Å². The highest BCUT2D eigenvalue weighted by molar-refractivity contribution is 7.95. The summed E-state index contributed by atoms with van der Waals surface area (Å²) in [6.45, 7) is 0. The zero-order chi connectivity index (χ0) is 21.9. The van der Waals surface area contributed by atoms with E-state index in [2.05, 4.69) is 20.3 Å². The molecule has 0 atom stereocenters. The molecule has 5 aromatic rings. The zero-order valence-electron chi connectivity index (χ0n) is 16.5. The van der Waals surface area contributed by atoms with Gasteiger partial charge >= 0.3 is 0 Å². The van der Waals surface area contributed by atoms with Gasteiger partial charge in [-0.15, -0.1) is 11.3 Å². The van der Waals surface area contributed by atoms with E-state index in [0.29, 0.717) is 28.0 Å². The van der Waals surface area contributed by atoms with Crippen LogP contribution in [-0.4, -0.2) is 23.4 Å². The quantitative estimate of drug-likeness (QED) is 0.402. The van der Waals surface area contributed by atoms with E-state index in [1.54, 1.807) is 41.9 Å². The molecular formula is C23H15N5O2S2. The molecule has 7 nitrogen and oxygen atoms in total. The van der Waals surface area contributed by atoms with Crippen LogP contribution in [0.1, 0.15) is 11.1 Å². The van der Waals surface area contributed by atoms with E-state index in [0.717, 1.165) is 27.0 Å². The van der Waals surface area contributed by atoms with Crippen molar-refractivity contribution in [3.05, 3.63) is 83.0 Å². The Morgan fingerprint density at radius 3 is 2.66 bits per heavy atom. The van der Waals surface area contributed by atoms with Crippen LogP contribution in [0.5, 0.6) is 0 Å². The minimum absolute atomic E-state index is 0.251. The van der Waals surface area contributed by atoms with Gasteiger partial charge in [-0.05, 0) is 54.1 Å². The van der Waals surface area contributed by atoms with E-state index in [9.17, 15) is 8.42 Å². The molecule has 0 aliphatic carbocycles. The van der Waals surface area contributed by atoms with Crippen molar-refractivity contribution in [3.63, 3.8) is 0 Å². The summed E-state index contributed by atoms with van der Waals surface area (Å²) in [5.41, 5.74) is 12.8. The van der Waals surface area contributed by atoms with Crippen LogP contribution in [0.4, 0.5) is 17.2 Å². The molecule has 0 amide bonds. The summed E-state index contributed by atoms with van der Waals surface area (Å²) in [6.07, 6.45) is 3.27. The van der Waals surface area contributed by atoms with Crippen molar-refractivity contribution in [3.8, 4) is 0 Å². The molecule has 9 heteroatoms. The zero-order valence-corrected chi connectivity index (χ0v) is 18.1. The molecule has 0 fully saturated rings. The predicted octanol–water partition coefficient (Wildman–Crippen LogP) is 4.74. The van der Waals surface area contributed by atoms with Crippen LogP contribution in [0.3, 0.4) is 0 Å². The van der Waals surface area contributed by atoms with Gasteiger partial charge in [0, 0.05) is 45.7 Å². The van der Waals surface area contributed by atoms with E-state index < -0.39 is 9.84 Å². The first-order valence-corrected chi connectivity index (χ1v) is 12.1. The van der Waals surface area contributed by atoms with Gasteiger partial charge in [0.25, 0.3) is 0 Å². The highest BCUT2D eigenvalue weighted by Gasteiger charge is 2.29. The lowest BCUT2D eigenvalue weighted by Crippen LogP contribution is -1.97. The summed E-state index contributed by atoms with van der Waals surface area (Å²) in [5, 5.41) is 5.39. The minimum atomic E-state index is -3.61. The van der Waals surface area contributed by atoms with Crippen LogP contribution in [0.2, 0.25) is 0 Å². The van der Waals surface area contributed by atoms with Crippen molar-refractivity contribution < 1.29 is 8.42 Å². The van der Waals surface area contributed by atoms with Crippen LogP contribution in [-0.2, 0) is 9.84 Å². The maximum absolute atomic E-state index is 13.0. The molecule has 156 valence electrons.